The van der Waals surface area contributed by atoms with E-state index in [4.69, 9.17) is 5.73 Å². The fourth-order valence-electron chi connectivity index (χ4n) is 6.04. The Bertz CT molecular complexity index is 951. The molecule has 2 unspecified atom stereocenters. The molecule has 0 aromatic rings. The van der Waals surface area contributed by atoms with Gasteiger partial charge in [0.1, 0.15) is 12.1 Å². The second-order valence-electron chi connectivity index (χ2n) is 13.2. The van der Waals surface area contributed by atoms with Gasteiger partial charge in [-0.05, 0) is 48.9 Å². The lowest BCUT2D eigenvalue weighted by Crippen LogP contribution is -2.62. The van der Waals surface area contributed by atoms with Crippen molar-refractivity contribution < 1.29 is 29.1 Å². The SMILES string of the molecule is CC(C)[C@H]1CCN(C(=O)[C@@H](NC(=O)NC2(CO)CCCC2)C(C)(C)C)C1C(=O)NC(CC1CC1)C(=O)C(N)=O. The number of hydrogen-bond acceptors (Lipinski definition) is 6. The topological polar surface area (TPSA) is 171 Å². The standard InChI is InChI=1S/C28H47N5O6/c1-16(2)18-10-13-33(20(18)24(37)30-19(14-17-8-9-17)21(35)23(29)36)25(38)22(27(3,4)5)31-26(39)32-28(15-34)11-6-7-12-28/h16-20,22,34H,6-15H2,1-5H3,(H2,29,36)(H,30,37)(H2,31,32,39)/t18-,19?,20?,22-/m1/s1. The summed E-state index contributed by atoms with van der Waals surface area (Å²) in [6.07, 6.45) is 5.95. The highest BCUT2D eigenvalue weighted by Gasteiger charge is 2.48. The fraction of sp³-hybridized carbons (Fsp3) is 0.821. The number of carbonyl (C=O) groups is 5. The molecule has 11 heteroatoms. The van der Waals surface area contributed by atoms with Gasteiger partial charge in [-0.15, -0.1) is 0 Å². The minimum absolute atomic E-state index is 0.0726. The molecule has 1 aliphatic heterocycles. The zero-order valence-corrected chi connectivity index (χ0v) is 24.0. The molecule has 3 aliphatic rings. The summed E-state index contributed by atoms with van der Waals surface area (Å²) in [7, 11) is 0. The van der Waals surface area contributed by atoms with E-state index in [1.807, 2.05) is 34.6 Å². The van der Waals surface area contributed by atoms with Crippen LogP contribution in [0.25, 0.3) is 0 Å². The van der Waals surface area contributed by atoms with E-state index in [0.717, 1.165) is 25.7 Å². The van der Waals surface area contributed by atoms with Gasteiger partial charge in [0.15, 0.2) is 0 Å². The van der Waals surface area contributed by atoms with E-state index in [1.54, 1.807) is 0 Å². The Morgan fingerprint density at radius 2 is 1.64 bits per heavy atom. The van der Waals surface area contributed by atoms with Crippen LogP contribution >= 0.6 is 0 Å². The molecule has 11 nitrogen and oxygen atoms in total. The maximum atomic E-state index is 14.0. The number of urea groups is 1. The van der Waals surface area contributed by atoms with Gasteiger partial charge in [-0.2, -0.15) is 0 Å². The number of nitrogens with two attached hydrogens (primary N) is 1. The lowest BCUT2D eigenvalue weighted by Gasteiger charge is -2.38. The number of primary amides is 1. The number of nitrogens with one attached hydrogen (secondary N) is 3. The summed E-state index contributed by atoms with van der Waals surface area (Å²) in [6, 6.07) is -3.34. The number of ketones is 1. The average molecular weight is 550 g/mol. The van der Waals surface area contributed by atoms with Gasteiger partial charge < -0.3 is 31.7 Å². The van der Waals surface area contributed by atoms with E-state index < -0.39 is 52.7 Å². The van der Waals surface area contributed by atoms with Crippen LogP contribution in [0, 0.1) is 23.2 Å². The van der Waals surface area contributed by atoms with Crippen molar-refractivity contribution in [2.45, 2.75) is 110 Å². The minimum atomic E-state index is -1.09. The van der Waals surface area contributed by atoms with Crippen LogP contribution in [0.4, 0.5) is 4.79 Å². The number of amides is 5. The molecular weight excluding hydrogens is 502 g/mol. The molecule has 5 amide bonds. The quantitative estimate of drug-likeness (QED) is 0.243. The summed E-state index contributed by atoms with van der Waals surface area (Å²) >= 11 is 0. The molecule has 0 aromatic heterocycles. The summed E-state index contributed by atoms with van der Waals surface area (Å²) in [5, 5.41) is 18.4. The third-order valence-electron chi connectivity index (χ3n) is 8.62. The number of likely N-dealkylation sites (tertiary alicyclic amines) is 1. The summed E-state index contributed by atoms with van der Waals surface area (Å²) in [4.78, 5) is 66.4. The maximum absolute atomic E-state index is 14.0. The van der Waals surface area contributed by atoms with Gasteiger partial charge in [0.2, 0.25) is 17.6 Å². The number of hydrogen-bond donors (Lipinski definition) is 5. The molecule has 1 saturated heterocycles. The Morgan fingerprint density at radius 1 is 1.03 bits per heavy atom. The largest absolute Gasteiger partial charge is 0.394 e. The van der Waals surface area contributed by atoms with Crippen molar-refractivity contribution in [1.82, 2.24) is 20.9 Å². The molecule has 3 fully saturated rings. The predicted octanol–water partition coefficient (Wildman–Crippen LogP) is 1.22. The molecule has 2 saturated carbocycles. The van der Waals surface area contributed by atoms with Gasteiger partial charge in [-0.25, -0.2) is 4.79 Å². The van der Waals surface area contributed by atoms with E-state index in [0.29, 0.717) is 32.2 Å². The highest BCUT2D eigenvalue weighted by molar-refractivity contribution is 6.37. The zero-order valence-electron chi connectivity index (χ0n) is 24.0. The summed E-state index contributed by atoms with van der Waals surface area (Å²) < 4.78 is 0. The first-order valence-electron chi connectivity index (χ1n) is 14.3. The molecule has 0 bridgehead atoms. The van der Waals surface area contributed by atoms with Crippen molar-refractivity contribution in [3.8, 4) is 0 Å². The third-order valence-corrected chi connectivity index (χ3v) is 8.62. The molecule has 4 atom stereocenters. The van der Waals surface area contributed by atoms with E-state index >= 15 is 0 Å². The van der Waals surface area contributed by atoms with Crippen molar-refractivity contribution >= 4 is 29.5 Å². The van der Waals surface area contributed by atoms with Crippen molar-refractivity contribution in [2.75, 3.05) is 13.2 Å². The normalized spacial score (nSPS) is 24.2. The molecule has 2 aliphatic carbocycles. The van der Waals surface area contributed by atoms with E-state index in [9.17, 15) is 29.1 Å². The zero-order chi connectivity index (χ0) is 29.1. The van der Waals surface area contributed by atoms with E-state index in [-0.39, 0.29) is 30.3 Å². The van der Waals surface area contributed by atoms with Gasteiger partial charge >= 0.3 is 6.03 Å². The number of nitrogens with zero attached hydrogens (tertiary/aromatic N) is 1. The van der Waals surface area contributed by atoms with Gasteiger partial charge in [0.05, 0.1) is 18.2 Å². The van der Waals surface area contributed by atoms with Crippen molar-refractivity contribution in [2.24, 2.45) is 28.9 Å². The van der Waals surface area contributed by atoms with Gasteiger partial charge in [0.25, 0.3) is 5.91 Å². The van der Waals surface area contributed by atoms with Crippen LogP contribution in [-0.2, 0) is 19.2 Å². The van der Waals surface area contributed by atoms with Crippen LogP contribution in [0.1, 0.15) is 86.0 Å². The fourth-order valence-corrected chi connectivity index (χ4v) is 6.04. The van der Waals surface area contributed by atoms with Gasteiger partial charge in [0, 0.05) is 6.54 Å². The Hall–Kier alpha value is -2.69. The van der Waals surface area contributed by atoms with E-state index in [2.05, 4.69) is 16.0 Å². The number of carbonyl (C=O) groups excluding carboxylic acids is 5. The summed E-state index contributed by atoms with van der Waals surface area (Å²) in [5.41, 5.74) is 3.89. The molecule has 220 valence electrons. The van der Waals surface area contributed by atoms with Gasteiger partial charge in [-0.3, -0.25) is 19.2 Å². The van der Waals surface area contributed by atoms with Crippen LogP contribution in [0.3, 0.4) is 0 Å². The Kier molecular flexibility index (Phi) is 9.67. The minimum Gasteiger partial charge on any atom is -0.394 e. The first kappa shape index (κ1) is 30.8. The third kappa shape index (κ3) is 7.49. The molecule has 1 heterocycles. The molecule has 0 spiro atoms. The van der Waals surface area contributed by atoms with Crippen molar-refractivity contribution in [1.29, 1.82) is 0 Å². The highest BCUT2D eigenvalue weighted by atomic mass is 16.3. The number of aliphatic hydroxyl groups excluding tert-OH is 1. The van der Waals surface area contributed by atoms with Crippen LogP contribution in [0.2, 0.25) is 0 Å². The Labute approximate surface area is 231 Å². The monoisotopic (exact) mass is 549 g/mol. The lowest BCUT2D eigenvalue weighted by molar-refractivity contribution is -0.144. The number of Topliss-reactive ketones (excluding diaryl/α,β-unsaturated/α-hetero) is 1. The van der Waals surface area contributed by atoms with Crippen molar-refractivity contribution in [3.05, 3.63) is 0 Å². The summed E-state index contributed by atoms with van der Waals surface area (Å²) in [6.45, 7) is 9.65. The van der Waals surface area contributed by atoms with Crippen LogP contribution in [-0.4, -0.2) is 76.4 Å². The lowest BCUT2D eigenvalue weighted by atomic mass is 9.84. The molecule has 3 rings (SSSR count). The molecular formula is C28H47N5O6. The molecule has 0 radical (unpaired) electrons. The highest BCUT2D eigenvalue weighted by Crippen LogP contribution is 2.36. The van der Waals surface area contributed by atoms with Crippen LogP contribution in [0.5, 0.6) is 0 Å². The first-order chi connectivity index (χ1) is 18.2. The second kappa shape index (κ2) is 12.2. The molecule has 0 aromatic carbocycles. The number of rotatable bonds is 11. The van der Waals surface area contributed by atoms with Gasteiger partial charge in [-0.1, -0.05) is 60.3 Å². The average Bonchev–Trinajstić information content (AvgIpc) is 3.36. The maximum Gasteiger partial charge on any atom is 0.315 e. The van der Waals surface area contributed by atoms with Crippen molar-refractivity contribution in [3.63, 3.8) is 0 Å². The van der Waals surface area contributed by atoms with Crippen LogP contribution in [0.15, 0.2) is 0 Å². The van der Waals surface area contributed by atoms with Crippen LogP contribution < -0.4 is 21.7 Å². The van der Waals surface area contributed by atoms with E-state index in [1.165, 1.54) is 4.90 Å². The summed E-state index contributed by atoms with van der Waals surface area (Å²) in [5.74, 6) is -2.62. The second-order valence-corrected chi connectivity index (χ2v) is 13.2. The number of aliphatic hydroxyl groups is 1. The smallest absolute Gasteiger partial charge is 0.315 e. The predicted molar refractivity (Wildman–Crippen MR) is 145 cm³/mol. The molecule has 6 N–H and O–H groups in total. The molecule has 39 heavy (non-hydrogen) atoms. The first-order valence-corrected chi connectivity index (χ1v) is 14.3. The Morgan fingerprint density at radius 3 is 2.13 bits per heavy atom. The Balaban J connectivity index is 1.81.